The van der Waals surface area contributed by atoms with E-state index in [4.69, 9.17) is 0 Å². The number of likely N-dealkylation sites (tertiary alicyclic amines) is 1. The van der Waals surface area contributed by atoms with E-state index < -0.39 is 17.9 Å². The average molecular weight is 446 g/mol. The van der Waals surface area contributed by atoms with E-state index in [0.717, 1.165) is 23.4 Å². The summed E-state index contributed by atoms with van der Waals surface area (Å²) in [6, 6.07) is 7.21. The van der Waals surface area contributed by atoms with Crippen molar-refractivity contribution >= 4 is 22.9 Å². The Labute approximate surface area is 178 Å². The lowest BCUT2D eigenvalue weighted by Crippen LogP contribution is -2.39. The summed E-state index contributed by atoms with van der Waals surface area (Å²) in [6.45, 7) is 0.496. The summed E-state index contributed by atoms with van der Waals surface area (Å²) in [5.41, 5.74) is 0.191. The Hall–Kier alpha value is -3.21. The average Bonchev–Trinajstić information content (AvgIpc) is 3.53. The van der Waals surface area contributed by atoms with Gasteiger partial charge >= 0.3 is 6.18 Å². The molecule has 0 aromatic carbocycles. The van der Waals surface area contributed by atoms with E-state index in [9.17, 15) is 18.0 Å². The van der Waals surface area contributed by atoms with Gasteiger partial charge < -0.3 is 4.90 Å². The third-order valence-electron chi connectivity index (χ3n) is 5.35. The third kappa shape index (κ3) is 3.58. The number of nitrogens with zero attached hydrogens (tertiary/aromatic N) is 5. The fourth-order valence-electron chi connectivity index (χ4n) is 3.92. The topological polar surface area (TPSA) is 79.2 Å². The van der Waals surface area contributed by atoms with Gasteiger partial charge in [-0.15, -0.1) is 11.3 Å². The minimum atomic E-state index is -4.60. The number of carbonyl (C=O) groups excluding carboxylic acids is 1. The zero-order valence-corrected chi connectivity index (χ0v) is 17.0. The van der Waals surface area contributed by atoms with Crippen molar-refractivity contribution < 1.29 is 18.0 Å². The number of aromatic nitrogens is 5. The number of amides is 1. The van der Waals surface area contributed by atoms with Crippen molar-refractivity contribution in [2.24, 2.45) is 0 Å². The molecule has 5 heterocycles. The molecule has 0 aliphatic carbocycles. The van der Waals surface area contributed by atoms with E-state index in [1.54, 1.807) is 34.5 Å². The summed E-state index contributed by atoms with van der Waals surface area (Å²) in [5.74, 6) is -0.248. The van der Waals surface area contributed by atoms with Crippen molar-refractivity contribution in [2.45, 2.75) is 31.5 Å². The molecule has 1 aliphatic rings. The van der Waals surface area contributed by atoms with Crippen LogP contribution in [0.3, 0.4) is 0 Å². The number of nitrogens with one attached hydrogen (secondary N) is 1. The SMILES string of the molecule is O=C(c1ccn[nH]1)N1CCCCC1c1cc2nc(-c3cccs3)cc(C(F)(F)F)n2n1. The number of thiophene rings is 1. The highest BCUT2D eigenvalue weighted by molar-refractivity contribution is 7.13. The molecule has 160 valence electrons. The van der Waals surface area contributed by atoms with Gasteiger partial charge in [-0.05, 0) is 42.8 Å². The van der Waals surface area contributed by atoms with Gasteiger partial charge in [0.15, 0.2) is 11.3 Å². The van der Waals surface area contributed by atoms with Crippen molar-refractivity contribution in [3.63, 3.8) is 0 Å². The lowest BCUT2D eigenvalue weighted by Gasteiger charge is -2.34. The molecule has 1 unspecified atom stereocenters. The van der Waals surface area contributed by atoms with Gasteiger partial charge in [0.1, 0.15) is 5.69 Å². The zero-order chi connectivity index (χ0) is 21.6. The van der Waals surface area contributed by atoms with E-state index in [1.165, 1.54) is 17.5 Å². The van der Waals surface area contributed by atoms with Gasteiger partial charge in [0, 0.05) is 18.8 Å². The van der Waals surface area contributed by atoms with Crippen molar-refractivity contribution in [3.8, 4) is 10.6 Å². The lowest BCUT2D eigenvalue weighted by molar-refractivity contribution is -0.142. The Morgan fingerprint density at radius 2 is 2.10 bits per heavy atom. The van der Waals surface area contributed by atoms with Gasteiger partial charge in [0.25, 0.3) is 5.91 Å². The van der Waals surface area contributed by atoms with Gasteiger partial charge in [0.2, 0.25) is 0 Å². The molecule has 0 saturated carbocycles. The predicted octanol–water partition coefficient (Wildman–Crippen LogP) is 4.57. The van der Waals surface area contributed by atoms with E-state index in [-0.39, 0.29) is 17.2 Å². The molecule has 0 bridgehead atoms. The third-order valence-corrected chi connectivity index (χ3v) is 6.24. The van der Waals surface area contributed by atoms with Crippen molar-refractivity contribution in [3.05, 3.63) is 59.0 Å². The lowest BCUT2D eigenvalue weighted by atomic mass is 9.99. The monoisotopic (exact) mass is 446 g/mol. The molecule has 1 amide bonds. The first-order valence-electron chi connectivity index (χ1n) is 9.74. The highest BCUT2D eigenvalue weighted by atomic mass is 32.1. The van der Waals surface area contributed by atoms with E-state index >= 15 is 0 Å². The van der Waals surface area contributed by atoms with Gasteiger partial charge in [-0.1, -0.05) is 6.07 Å². The molecule has 11 heteroatoms. The second kappa shape index (κ2) is 7.49. The first-order valence-corrected chi connectivity index (χ1v) is 10.6. The van der Waals surface area contributed by atoms with Crippen LogP contribution in [-0.2, 0) is 6.18 Å². The molecule has 0 radical (unpaired) electrons. The van der Waals surface area contributed by atoms with E-state index in [2.05, 4.69) is 20.3 Å². The molecule has 1 atom stereocenters. The number of hydrogen-bond donors (Lipinski definition) is 1. The summed E-state index contributed by atoms with van der Waals surface area (Å²) >= 11 is 1.32. The maximum Gasteiger partial charge on any atom is 0.433 e. The number of fused-ring (bicyclic) bond motifs is 1. The molecule has 7 nitrogen and oxygen atoms in total. The number of piperidine rings is 1. The van der Waals surface area contributed by atoms with Crippen LogP contribution in [0.5, 0.6) is 0 Å². The second-order valence-corrected chi connectivity index (χ2v) is 8.27. The summed E-state index contributed by atoms with van der Waals surface area (Å²) in [7, 11) is 0. The Kier molecular flexibility index (Phi) is 4.77. The Balaban J connectivity index is 1.60. The fraction of sp³-hybridized carbons (Fsp3) is 0.300. The van der Waals surface area contributed by atoms with Crippen LogP contribution < -0.4 is 0 Å². The van der Waals surface area contributed by atoms with Crippen LogP contribution in [0.1, 0.15) is 47.2 Å². The van der Waals surface area contributed by atoms with Gasteiger partial charge in [-0.2, -0.15) is 23.4 Å². The Morgan fingerprint density at radius 3 is 2.81 bits per heavy atom. The van der Waals surface area contributed by atoms with Crippen LogP contribution in [0.25, 0.3) is 16.2 Å². The standard InChI is InChI=1S/C20H17F3N6OS/c21-20(22,23)17-10-14(16-5-3-9-31-16)25-18-11-13(27-29(17)18)15-4-1-2-8-28(15)19(30)12-6-7-24-26-12/h3,5-7,9-11,15H,1-2,4,8H2,(H,24,26). The molecule has 1 N–H and O–H groups in total. The molecule has 4 aromatic heterocycles. The smallest absolute Gasteiger partial charge is 0.329 e. The van der Waals surface area contributed by atoms with Crippen LogP contribution in [0.2, 0.25) is 0 Å². The molecular weight excluding hydrogens is 429 g/mol. The van der Waals surface area contributed by atoms with E-state index in [1.807, 2.05) is 0 Å². The summed E-state index contributed by atoms with van der Waals surface area (Å²) in [4.78, 5) is 19.6. The number of rotatable bonds is 3. The van der Waals surface area contributed by atoms with Crippen molar-refractivity contribution in [1.82, 2.24) is 29.7 Å². The van der Waals surface area contributed by atoms with Crippen LogP contribution in [0.15, 0.2) is 41.9 Å². The number of halogens is 3. The zero-order valence-electron chi connectivity index (χ0n) is 16.1. The minimum absolute atomic E-state index is 0.104. The van der Waals surface area contributed by atoms with Crippen molar-refractivity contribution in [1.29, 1.82) is 0 Å². The Morgan fingerprint density at radius 1 is 1.23 bits per heavy atom. The van der Waals surface area contributed by atoms with Gasteiger partial charge in [-0.25, -0.2) is 9.50 Å². The number of H-pyrrole nitrogens is 1. The first-order chi connectivity index (χ1) is 14.9. The molecule has 4 aromatic rings. The quantitative estimate of drug-likeness (QED) is 0.500. The molecule has 0 spiro atoms. The summed E-state index contributed by atoms with van der Waals surface area (Å²) in [5, 5.41) is 12.5. The van der Waals surface area contributed by atoms with Crippen molar-refractivity contribution in [2.75, 3.05) is 6.54 Å². The number of hydrogen-bond acceptors (Lipinski definition) is 5. The predicted molar refractivity (Wildman–Crippen MR) is 108 cm³/mol. The maximum absolute atomic E-state index is 13.8. The van der Waals surface area contributed by atoms with Crippen LogP contribution in [0, 0.1) is 0 Å². The molecule has 1 saturated heterocycles. The van der Waals surface area contributed by atoms with Gasteiger partial charge in [0.05, 0.1) is 22.3 Å². The summed E-state index contributed by atoms with van der Waals surface area (Å²) < 4.78 is 42.3. The molecule has 1 aliphatic heterocycles. The van der Waals surface area contributed by atoms with Crippen LogP contribution in [0.4, 0.5) is 13.2 Å². The normalized spacial score (nSPS) is 17.4. The molecule has 31 heavy (non-hydrogen) atoms. The van der Waals surface area contributed by atoms with Crippen LogP contribution in [-0.4, -0.2) is 42.1 Å². The number of alkyl halides is 3. The highest BCUT2D eigenvalue weighted by Gasteiger charge is 2.37. The number of aromatic amines is 1. The minimum Gasteiger partial charge on any atom is -0.329 e. The highest BCUT2D eigenvalue weighted by Crippen LogP contribution is 2.36. The van der Waals surface area contributed by atoms with Gasteiger partial charge in [-0.3, -0.25) is 9.89 Å². The van der Waals surface area contributed by atoms with Crippen LogP contribution >= 0.6 is 11.3 Å². The summed E-state index contributed by atoms with van der Waals surface area (Å²) in [6.07, 6.45) is -0.830. The first kappa shape index (κ1) is 19.7. The molecule has 1 fully saturated rings. The maximum atomic E-state index is 13.8. The largest absolute Gasteiger partial charge is 0.433 e. The van der Waals surface area contributed by atoms with E-state index in [0.29, 0.717) is 29.2 Å². The Bertz CT molecular complexity index is 1220. The second-order valence-electron chi connectivity index (χ2n) is 7.32. The fourth-order valence-corrected chi connectivity index (χ4v) is 4.61. The molecule has 5 rings (SSSR count). The number of carbonyl (C=O) groups is 1. The molecular formula is C20H17F3N6OS.